The van der Waals surface area contributed by atoms with Crippen molar-refractivity contribution in [3.8, 4) is 5.75 Å². The van der Waals surface area contributed by atoms with Crippen LogP contribution in [0.25, 0.3) is 0 Å². The summed E-state index contributed by atoms with van der Waals surface area (Å²) in [5.74, 6) is -0.215. The van der Waals surface area contributed by atoms with Crippen molar-refractivity contribution >= 4 is 11.9 Å². The fourth-order valence-corrected chi connectivity index (χ4v) is 1.70. The fourth-order valence-electron chi connectivity index (χ4n) is 1.70. The third kappa shape index (κ3) is 4.30. The molecule has 0 saturated heterocycles. The van der Waals surface area contributed by atoms with Gasteiger partial charge in [0.2, 0.25) is 11.7 Å². The second kappa shape index (κ2) is 7.21. The average Bonchev–Trinajstić information content (AvgIpc) is 2.90. The maximum absolute atomic E-state index is 12.0. The van der Waals surface area contributed by atoms with Gasteiger partial charge in [0, 0.05) is 13.5 Å². The van der Waals surface area contributed by atoms with Gasteiger partial charge in [-0.1, -0.05) is 17.3 Å². The Labute approximate surface area is 126 Å². The van der Waals surface area contributed by atoms with E-state index in [4.69, 9.17) is 14.4 Å². The number of hydrogen-bond acceptors (Lipinski definition) is 6. The molecule has 2 rings (SSSR count). The van der Waals surface area contributed by atoms with Crippen LogP contribution in [0.3, 0.4) is 0 Å². The molecule has 1 amide bonds. The maximum Gasteiger partial charge on any atom is 0.305 e. The molecule has 22 heavy (non-hydrogen) atoms. The zero-order valence-corrected chi connectivity index (χ0v) is 11.9. The van der Waals surface area contributed by atoms with Crippen LogP contribution in [-0.4, -0.2) is 33.7 Å². The van der Waals surface area contributed by atoms with Gasteiger partial charge in [-0.15, -0.1) is 0 Å². The van der Waals surface area contributed by atoms with Crippen molar-refractivity contribution in [2.75, 3.05) is 6.54 Å². The van der Waals surface area contributed by atoms with E-state index in [-0.39, 0.29) is 19.6 Å². The van der Waals surface area contributed by atoms with E-state index in [0.717, 1.165) is 0 Å². The van der Waals surface area contributed by atoms with Crippen LogP contribution in [0.2, 0.25) is 0 Å². The molecule has 0 aliphatic rings. The molecule has 0 aliphatic carbocycles. The molecule has 1 heterocycles. The van der Waals surface area contributed by atoms with E-state index in [9.17, 15) is 9.59 Å². The lowest BCUT2D eigenvalue weighted by atomic mass is 10.2. The molecule has 1 aromatic heterocycles. The van der Waals surface area contributed by atoms with Crippen LogP contribution in [0.1, 0.15) is 28.5 Å². The fraction of sp³-hybridized carbons (Fsp3) is 0.286. The van der Waals surface area contributed by atoms with Gasteiger partial charge in [-0.25, -0.2) is 0 Å². The number of aryl methyl sites for hydroxylation is 1. The third-order valence-electron chi connectivity index (χ3n) is 2.68. The van der Waals surface area contributed by atoms with Crippen molar-refractivity contribution in [1.82, 2.24) is 15.5 Å². The highest BCUT2D eigenvalue weighted by atomic mass is 16.5. The summed E-state index contributed by atoms with van der Waals surface area (Å²) in [5, 5.41) is 14.8. The van der Waals surface area contributed by atoms with E-state index in [2.05, 4.69) is 15.5 Å². The molecular weight excluding hydrogens is 290 g/mol. The summed E-state index contributed by atoms with van der Waals surface area (Å²) in [4.78, 5) is 26.5. The minimum absolute atomic E-state index is 0.0482. The largest absolute Gasteiger partial charge is 0.485 e. The first-order valence-electron chi connectivity index (χ1n) is 6.57. The number of aromatic nitrogens is 2. The van der Waals surface area contributed by atoms with Crippen LogP contribution in [0, 0.1) is 6.92 Å². The number of rotatable bonds is 7. The van der Waals surface area contributed by atoms with Crippen molar-refractivity contribution in [3.05, 3.63) is 41.5 Å². The molecule has 0 radical (unpaired) electrons. The summed E-state index contributed by atoms with van der Waals surface area (Å²) in [6.45, 7) is 1.78. The van der Waals surface area contributed by atoms with Gasteiger partial charge < -0.3 is 19.7 Å². The number of carboxylic acid groups (broad SMARTS) is 1. The SMILES string of the molecule is Cc1nc(COc2ccccc2C(=O)NCCC(=O)O)no1. The van der Waals surface area contributed by atoms with Crippen molar-refractivity contribution in [1.29, 1.82) is 0 Å². The predicted octanol–water partition coefficient (Wildman–Crippen LogP) is 1.16. The van der Waals surface area contributed by atoms with Crippen LogP contribution in [-0.2, 0) is 11.4 Å². The van der Waals surface area contributed by atoms with Crippen LogP contribution in [0.5, 0.6) is 5.75 Å². The summed E-state index contributed by atoms with van der Waals surface area (Å²) < 4.78 is 10.4. The van der Waals surface area contributed by atoms with Crippen LogP contribution < -0.4 is 10.1 Å². The Balaban J connectivity index is 1.99. The summed E-state index contributed by atoms with van der Waals surface area (Å²) in [5.41, 5.74) is 0.313. The normalized spacial score (nSPS) is 10.2. The molecule has 0 fully saturated rings. The number of para-hydroxylation sites is 1. The number of benzene rings is 1. The highest BCUT2D eigenvalue weighted by molar-refractivity contribution is 5.97. The van der Waals surface area contributed by atoms with Gasteiger partial charge >= 0.3 is 5.97 Å². The number of nitrogens with zero attached hydrogens (tertiary/aromatic N) is 2. The van der Waals surface area contributed by atoms with Gasteiger partial charge in [0.1, 0.15) is 5.75 Å². The molecule has 0 bridgehead atoms. The van der Waals surface area contributed by atoms with E-state index in [0.29, 0.717) is 23.0 Å². The summed E-state index contributed by atoms with van der Waals surface area (Å²) in [6.07, 6.45) is -0.142. The topological polar surface area (TPSA) is 115 Å². The van der Waals surface area contributed by atoms with Crippen molar-refractivity contribution in [2.45, 2.75) is 20.0 Å². The first kappa shape index (κ1) is 15.5. The predicted molar refractivity (Wildman–Crippen MR) is 74.4 cm³/mol. The molecule has 0 spiro atoms. The van der Waals surface area contributed by atoms with Crippen LogP contribution in [0.4, 0.5) is 0 Å². The molecule has 2 N–H and O–H groups in total. The van der Waals surface area contributed by atoms with Crippen LogP contribution in [0.15, 0.2) is 28.8 Å². The molecule has 0 saturated carbocycles. The minimum Gasteiger partial charge on any atom is -0.485 e. The Morgan fingerprint density at radius 1 is 1.36 bits per heavy atom. The molecule has 0 unspecified atom stereocenters. The zero-order valence-electron chi connectivity index (χ0n) is 11.9. The Morgan fingerprint density at radius 3 is 2.82 bits per heavy atom. The van der Waals surface area contributed by atoms with Crippen molar-refractivity contribution in [3.63, 3.8) is 0 Å². The molecule has 0 atom stereocenters. The molecule has 0 aliphatic heterocycles. The lowest BCUT2D eigenvalue weighted by Gasteiger charge is -2.10. The van der Waals surface area contributed by atoms with E-state index in [1.165, 1.54) is 0 Å². The maximum atomic E-state index is 12.0. The standard InChI is InChI=1S/C14H15N3O5/c1-9-16-12(17-22-9)8-21-11-5-3-2-4-10(11)14(20)15-7-6-13(18)19/h2-5H,6-8H2,1H3,(H,15,20)(H,18,19). The molecule has 116 valence electrons. The Morgan fingerprint density at radius 2 is 2.14 bits per heavy atom. The molecule has 2 aromatic rings. The Hall–Kier alpha value is -2.90. The van der Waals surface area contributed by atoms with E-state index < -0.39 is 11.9 Å². The minimum atomic E-state index is -0.975. The molecule has 1 aromatic carbocycles. The average molecular weight is 305 g/mol. The monoisotopic (exact) mass is 305 g/mol. The smallest absolute Gasteiger partial charge is 0.305 e. The van der Waals surface area contributed by atoms with Gasteiger partial charge in [-0.05, 0) is 12.1 Å². The number of nitrogens with one attached hydrogen (secondary N) is 1. The van der Waals surface area contributed by atoms with Crippen molar-refractivity contribution in [2.24, 2.45) is 0 Å². The van der Waals surface area contributed by atoms with E-state index >= 15 is 0 Å². The lowest BCUT2D eigenvalue weighted by molar-refractivity contribution is -0.136. The van der Waals surface area contributed by atoms with Gasteiger partial charge in [0.15, 0.2) is 6.61 Å². The van der Waals surface area contributed by atoms with Gasteiger partial charge in [0.25, 0.3) is 5.91 Å². The van der Waals surface area contributed by atoms with Gasteiger partial charge in [-0.3, -0.25) is 9.59 Å². The van der Waals surface area contributed by atoms with Gasteiger partial charge in [0.05, 0.1) is 12.0 Å². The summed E-state index contributed by atoms with van der Waals surface area (Å²) in [7, 11) is 0. The molecule has 8 nitrogen and oxygen atoms in total. The number of amides is 1. The van der Waals surface area contributed by atoms with Crippen LogP contribution >= 0.6 is 0 Å². The quantitative estimate of drug-likeness (QED) is 0.788. The summed E-state index contributed by atoms with van der Waals surface area (Å²) in [6, 6.07) is 6.65. The second-order valence-electron chi connectivity index (χ2n) is 4.41. The first-order chi connectivity index (χ1) is 10.6. The highest BCUT2D eigenvalue weighted by Gasteiger charge is 2.13. The summed E-state index contributed by atoms with van der Waals surface area (Å²) >= 11 is 0. The highest BCUT2D eigenvalue weighted by Crippen LogP contribution is 2.18. The number of carbonyl (C=O) groups excluding carboxylic acids is 1. The first-order valence-corrected chi connectivity index (χ1v) is 6.57. The third-order valence-corrected chi connectivity index (χ3v) is 2.68. The number of carbonyl (C=O) groups is 2. The Kier molecular flexibility index (Phi) is 5.07. The zero-order chi connectivity index (χ0) is 15.9. The van der Waals surface area contributed by atoms with E-state index in [1.807, 2.05) is 0 Å². The number of aliphatic carboxylic acids is 1. The van der Waals surface area contributed by atoms with Crippen molar-refractivity contribution < 1.29 is 24.0 Å². The number of ether oxygens (including phenoxy) is 1. The molecular formula is C14H15N3O5. The second-order valence-corrected chi connectivity index (χ2v) is 4.41. The number of carboxylic acids is 1. The molecule has 8 heteroatoms. The van der Waals surface area contributed by atoms with Gasteiger partial charge in [-0.2, -0.15) is 4.98 Å². The van der Waals surface area contributed by atoms with E-state index in [1.54, 1.807) is 31.2 Å². The number of hydrogen-bond donors (Lipinski definition) is 2. The Bertz CT molecular complexity index is 668. The lowest BCUT2D eigenvalue weighted by Crippen LogP contribution is -2.26.